The maximum atomic E-state index is 13.9. The lowest BCUT2D eigenvalue weighted by molar-refractivity contribution is -0.0222. The zero-order valence-corrected chi connectivity index (χ0v) is 24.8. The Morgan fingerprint density at radius 2 is 1.72 bits per heavy atom. The molecule has 10 nitrogen and oxygen atoms in total. The van der Waals surface area contributed by atoms with Crippen LogP contribution < -0.4 is 19.3 Å². The molecule has 1 aliphatic carbocycles. The maximum Gasteiger partial charge on any atom is 0.251 e. The first-order chi connectivity index (χ1) is 20.6. The molecule has 0 amide bonds. The summed E-state index contributed by atoms with van der Waals surface area (Å²) in [6.07, 6.45) is 8.71. The molecule has 4 aliphatic rings. The molecule has 3 aliphatic heterocycles. The monoisotopic (exact) mass is 614 g/mol. The fourth-order valence-corrected chi connectivity index (χ4v) is 7.28. The minimum absolute atomic E-state index is 0.210. The number of sulfonamides is 1. The van der Waals surface area contributed by atoms with Crippen LogP contribution >= 0.6 is 0 Å². The summed E-state index contributed by atoms with van der Waals surface area (Å²) in [7, 11) is -3.68. The van der Waals surface area contributed by atoms with Crippen LogP contribution in [0.3, 0.4) is 0 Å². The Balaban J connectivity index is 1.21. The van der Waals surface area contributed by atoms with Gasteiger partial charge in [-0.2, -0.15) is 5.10 Å². The molecule has 0 atom stereocenters. The molecule has 0 radical (unpaired) electrons. The SMILES string of the molecule is O=S(=O)(CCO)Nc1ccc(-n2cc(-c3cc4c(c(N5CCC(F)(F)CC5)n3)OCC4)cn2)c(N2CCC3(CC2)CC3)c1. The molecule has 43 heavy (non-hydrogen) atoms. The Kier molecular flexibility index (Phi) is 6.99. The fourth-order valence-electron chi connectivity index (χ4n) is 6.46. The van der Waals surface area contributed by atoms with Gasteiger partial charge in [0.2, 0.25) is 10.0 Å². The highest BCUT2D eigenvalue weighted by molar-refractivity contribution is 7.92. The maximum absolute atomic E-state index is 13.9. The number of benzene rings is 1. The molecule has 3 fully saturated rings. The number of aliphatic hydroxyl groups excluding tert-OH is 1. The topological polar surface area (TPSA) is 113 Å². The fraction of sp³-hybridized carbons (Fsp3) is 0.533. The molecular weight excluding hydrogens is 578 g/mol. The summed E-state index contributed by atoms with van der Waals surface area (Å²) in [5.41, 5.74) is 5.08. The number of piperidine rings is 2. The third kappa shape index (κ3) is 5.76. The summed E-state index contributed by atoms with van der Waals surface area (Å²) < 4.78 is 62.8. The molecule has 3 aromatic rings. The number of nitrogens with one attached hydrogen (secondary N) is 1. The first-order valence-corrected chi connectivity index (χ1v) is 16.6. The summed E-state index contributed by atoms with van der Waals surface area (Å²) in [4.78, 5) is 9.08. The van der Waals surface area contributed by atoms with E-state index in [-0.39, 0.29) is 31.7 Å². The number of anilines is 3. The van der Waals surface area contributed by atoms with E-state index in [1.54, 1.807) is 16.9 Å². The first-order valence-electron chi connectivity index (χ1n) is 15.0. The van der Waals surface area contributed by atoms with Crippen LogP contribution in [0, 0.1) is 5.41 Å². The Morgan fingerprint density at radius 1 is 0.977 bits per heavy atom. The average Bonchev–Trinajstić information content (AvgIpc) is 3.34. The lowest BCUT2D eigenvalue weighted by atomic mass is 9.93. The molecule has 13 heteroatoms. The van der Waals surface area contributed by atoms with Crippen molar-refractivity contribution in [2.75, 3.05) is 59.7 Å². The minimum atomic E-state index is -3.68. The van der Waals surface area contributed by atoms with Gasteiger partial charge in [0, 0.05) is 62.8 Å². The van der Waals surface area contributed by atoms with Crippen molar-refractivity contribution < 1.29 is 27.0 Å². The van der Waals surface area contributed by atoms with Crippen LogP contribution in [0.2, 0.25) is 0 Å². The minimum Gasteiger partial charge on any atom is -0.489 e. The van der Waals surface area contributed by atoms with Crippen LogP contribution in [0.15, 0.2) is 36.7 Å². The van der Waals surface area contributed by atoms with Crippen LogP contribution in [-0.4, -0.2) is 79.4 Å². The molecule has 2 saturated heterocycles. The van der Waals surface area contributed by atoms with Crippen LogP contribution in [0.25, 0.3) is 16.9 Å². The highest BCUT2D eigenvalue weighted by Gasteiger charge is 2.44. The zero-order chi connectivity index (χ0) is 29.8. The number of hydrogen-bond acceptors (Lipinski definition) is 8. The van der Waals surface area contributed by atoms with Gasteiger partial charge in [0.1, 0.15) is 0 Å². The molecule has 1 spiro atoms. The second kappa shape index (κ2) is 10.6. The zero-order valence-electron chi connectivity index (χ0n) is 23.9. The highest BCUT2D eigenvalue weighted by Crippen LogP contribution is 2.54. The number of aromatic nitrogens is 3. The van der Waals surface area contributed by atoms with Crippen molar-refractivity contribution in [1.29, 1.82) is 0 Å². The Labute approximate surface area is 249 Å². The molecule has 1 aromatic carbocycles. The molecule has 1 saturated carbocycles. The van der Waals surface area contributed by atoms with Gasteiger partial charge in [-0.15, -0.1) is 0 Å². The number of rotatable bonds is 8. The Hall–Kier alpha value is -3.45. The van der Waals surface area contributed by atoms with Gasteiger partial charge in [-0.1, -0.05) is 0 Å². The van der Waals surface area contributed by atoms with Crippen molar-refractivity contribution in [3.8, 4) is 22.7 Å². The van der Waals surface area contributed by atoms with E-state index in [0.29, 0.717) is 35.0 Å². The largest absolute Gasteiger partial charge is 0.489 e. The smallest absolute Gasteiger partial charge is 0.251 e. The number of alkyl halides is 2. The van der Waals surface area contributed by atoms with Gasteiger partial charge in [-0.25, -0.2) is 26.9 Å². The standard InChI is InChI=1S/C30H36F2N6O4S/c31-30(32)8-12-37(13-9-30)28-27-21(3-15-42-27)17-24(34-28)22-19-33-38(20-22)25-2-1-23(35-43(40,41)16-14-39)18-26(25)36-10-6-29(4-5-29)7-11-36/h1-2,17-20,35,39H,3-16H2. The normalized spacial score (nSPS) is 20.6. The second-order valence-electron chi connectivity index (χ2n) is 12.3. The quantitative estimate of drug-likeness (QED) is 0.388. The first kappa shape index (κ1) is 28.3. The predicted octanol–water partition coefficient (Wildman–Crippen LogP) is 4.22. The van der Waals surface area contributed by atoms with E-state index in [1.807, 2.05) is 29.3 Å². The van der Waals surface area contributed by atoms with Crippen molar-refractivity contribution in [3.63, 3.8) is 0 Å². The molecule has 5 heterocycles. The van der Waals surface area contributed by atoms with Gasteiger partial charge in [-0.3, -0.25) is 4.72 Å². The van der Waals surface area contributed by atoms with Gasteiger partial charge in [0.05, 0.1) is 47.9 Å². The van der Waals surface area contributed by atoms with Gasteiger partial charge in [-0.05, 0) is 55.4 Å². The molecule has 2 N–H and O–H groups in total. The van der Waals surface area contributed by atoms with Crippen LogP contribution in [0.1, 0.15) is 44.1 Å². The number of nitrogens with zero attached hydrogens (tertiary/aromatic N) is 5. The van der Waals surface area contributed by atoms with Crippen LogP contribution in [-0.2, 0) is 16.4 Å². The summed E-state index contributed by atoms with van der Waals surface area (Å²) in [6, 6.07) is 7.39. The van der Waals surface area contributed by atoms with E-state index < -0.39 is 22.6 Å². The van der Waals surface area contributed by atoms with Gasteiger partial charge >= 0.3 is 0 Å². The number of halogens is 2. The molecular formula is C30H36F2N6O4S. The van der Waals surface area contributed by atoms with Crippen molar-refractivity contribution in [3.05, 3.63) is 42.2 Å². The second-order valence-corrected chi connectivity index (χ2v) is 14.1. The molecule has 2 aromatic heterocycles. The Morgan fingerprint density at radius 3 is 2.44 bits per heavy atom. The summed E-state index contributed by atoms with van der Waals surface area (Å²) in [5.74, 6) is -1.74. The summed E-state index contributed by atoms with van der Waals surface area (Å²) in [6.45, 7) is 2.25. The van der Waals surface area contributed by atoms with E-state index in [2.05, 4.69) is 14.7 Å². The average molecular weight is 615 g/mol. The van der Waals surface area contributed by atoms with Gasteiger partial charge in [0.25, 0.3) is 5.92 Å². The van der Waals surface area contributed by atoms with E-state index in [4.69, 9.17) is 14.8 Å². The van der Waals surface area contributed by atoms with E-state index in [0.717, 1.165) is 54.9 Å². The summed E-state index contributed by atoms with van der Waals surface area (Å²) in [5, 5.41) is 13.8. The van der Waals surface area contributed by atoms with Crippen molar-refractivity contribution in [2.24, 2.45) is 5.41 Å². The van der Waals surface area contributed by atoms with E-state index in [1.165, 1.54) is 12.8 Å². The van der Waals surface area contributed by atoms with Crippen molar-refractivity contribution >= 4 is 27.2 Å². The van der Waals surface area contributed by atoms with Crippen LogP contribution in [0.4, 0.5) is 26.0 Å². The van der Waals surface area contributed by atoms with Gasteiger partial charge < -0.3 is 19.6 Å². The highest BCUT2D eigenvalue weighted by atomic mass is 32.2. The number of aliphatic hydroxyl groups is 1. The van der Waals surface area contributed by atoms with E-state index >= 15 is 0 Å². The molecule has 0 bridgehead atoms. The lowest BCUT2D eigenvalue weighted by Gasteiger charge is -2.35. The number of pyridine rings is 1. The predicted molar refractivity (Wildman–Crippen MR) is 160 cm³/mol. The molecule has 0 unspecified atom stereocenters. The van der Waals surface area contributed by atoms with Crippen LogP contribution in [0.5, 0.6) is 5.75 Å². The summed E-state index contributed by atoms with van der Waals surface area (Å²) >= 11 is 0. The number of fused-ring (bicyclic) bond motifs is 1. The van der Waals surface area contributed by atoms with Gasteiger partial charge in [0.15, 0.2) is 11.6 Å². The molecule has 230 valence electrons. The van der Waals surface area contributed by atoms with Crippen molar-refractivity contribution in [2.45, 2.75) is 50.9 Å². The third-order valence-corrected chi connectivity index (χ3v) is 10.6. The molecule has 7 rings (SSSR count). The van der Waals surface area contributed by atoms with E-state index in [9.17, 15) is 17.2 Å². The lowest BCUT2D eigenvalue weighted by Crippen LogP contribution is -2.40. The third-order valence-electron chi connectivity index (χ3n) is 9.30. The number of ether oxygens (including phenoxy) is 1. The van der Waals surface area contributed by atoms with Crippen molar-refractivity contribution in [1.82, 2.24) is 14.8 Å². The Bertz CT molecular complexity index is 1620. The number of hydrogen-bond donors (Lipinski definition) is 2.